The maximum atomic E-state index is 15.0. The van der Waals surface area contributed by atoms with Gasteiger partial charge in [-0.15, -0.1) is 18.2 Å². The molecular weight excluding hydrogens is 734 g/mol. The van der Waals surface area contributed by atoms with E-state index in [1.54, 1.807) is 6.20 Å². The van der Waals surface area contributed by atoms with Crippen molar-refractivity contribution >= 4 is 21.9 Å². The van der Waals surface area contributed by atoms with Gasteiger partial charge in [0.05, 0.1) is 5.65 Å². The van der Waals surface area contributed by atoms with Crippen molar-refractivity contribution < 1.29 is 29.8 Å². The summed E-state index contributed by atoms with van der Waals surface area (Å²) in [4.78, 5) is 14.5. The smallest absolute Gasteiger partial charge is 0.440 e. The molecule has 0 N–H and O–H groups in total. The zero-order chi connectivity index (χ0) is 29.9. The van der Waals surface area contributed by atoms with Crippen molar-refractivity contribution in [2.75, 3.05) is 0 Å². The van der Waals surface area contributed by atoms with E-state index in [0.29, 0.717) is 28.1 Å². The summed E-state index contributed by atoms with van der Waals surface area (Å²) in [6.45, 7) is 8.59. The zero-order valence-electron chi connectivity index (χ0n) is 24.6. The largest absolute Gasteiger partial charge is 2.00 e. The molecule has 0 saturated heterocycles. The number of aromatic nitrogens is 4. The first-order valence-electron chi connectivity index (χ1n) is 14.2. The Morgan fingerprint density at radius 2 is 1.59 bits per heavy atom. The molecule has 7 rings (SSSR count). The van der Waals surface area contributed by atoms with E-state index in [1.807, 2.05) is 55.5 Å². The average Bonchev–Trinajstić information content (AvgIpc) is 3.56. The van der Waals surface area contributed by atoms with Gasteiger partial charge in [-0.25, -0.2) is 8.78 Å². The molecule has 4 aromatic heterocycles. The van der Waals surface area contributed by atoms with Crippen LogP contribution < -0.4 is 4.98 Å². The molecule has 220 valence electrons. The van der Waals surface area contributed by atoms with Gasteiger partial charge in [0.1, 0.15) is 11.6 Å². The number of aryl methyl sites for hydroxylation is 1. The SMILES string of the molecule is Cc1ccc(-n2c3ccc(C(C)(C)C)cc3c3ccc(-c4[c-]c(-c5ccccn5)cc(-c5ccc(F)cc5F)c4)nc32)[n-]1.[Pt+2]. The van der Waals surface area contributed by atoms with Gasteiger partial charge < -0.3 is 9.55 Å². The van der Waals surface area contributed by atoms with Crippen molar-refractivity contribution in [3.05, 3.63) is 126 Å². The van der Waals surface area contributed by atoms with Gasteiger partial charge >= 0.3 is 21.1 Å². The molecule has 0 radical (unpaired) electrons. The van der Waals surface area contributed by atoms with Crippen LogP contribution in [0.2, 0.25) is 0 Å². The number of halogens is 2. The second kappa shape index (κ2) is 11.3. The Morgan fingerprint density at radius 1 is 0.795 bits per heavy atom. The van der Waals surface area contributed by atoms with E-state index >= 15 is 0 Å². The molecule has 0 fully saturated rings. The van der Waals surface area contributed by atoms with Gasteiger partial charge in [-0.1, -0.05) is 104 Å². The minimum atomic E-state index is -0.639. The fraction of sp³-hybridized carbons (Fsp3) is 0.135. The van der Waals surface area contributed by atoms with Crippen molar-refractivity contribution in [2.45, 2.75) is 33.1 Å². The van der Waals surface area contributed by atoms with Crippen LogP contribution in [0.3, 0.4) is 0 Å². The fourth-order valence-electron chi connectivity index (χ4n) is 5.56. The standard InChI is InChI=1S/C37H28F2N4.Pt/c1-22-8-15-35(41-22)43-34-14-9-26(37(2,3)4)20-30(34)29-12-13-33(42-36(29)43)25-18-23(28-11-10-27(38)21-31(28)39)17-24(19-25)32-7-5-6-16-40-32;/h5-18,20-21H,1-4H3;/q-2;+2. The van der Waals surface area contributed by atoms with E-state index < -0.39 is 11.6 Å². The summed E-state index contributed by atoms with van der Waals surface area (Å²) in [5.41, 5.74) is 7.50. The van der Waals surface area contributed by atoms with Gasteiger partial charge in [0.15, 0.2) is 0 Å². The summed E-state index contributed by atoms with van der Waals surface area (Å²) in [5, 5.41) is 2.11. The molecule has 0 bridgehead atoms. The number of hydrogen-bond donors (Lipinski definition) is 0. The van der Waals surface area contributed by atoms with E-state index in [9.17, 15) is 8.78 Å². The number of fused-ring (bicyclic) bond motifs is 3. The summed E-state index contributed by atoms with van der Waals surface area (Å²) in [6, 6.07) is 31.0. The van der Waals surface area contributed by atoms with E-state index in [-0.39, 0.29) is 32.0 Å². The topological polar surface area (TPSA) is 44.8 Å². The summed E-state index contributed by atoms with van der Waals surface area (Å²) >= 11 is 0. The second-order valence-corrected chi connectivity index (χ2v) is 11.9. The summed E-state index contributed by atoms with van der Waals surface area (Å²) < 4.78 is 30.9. The van der Waals surface area contributed by atoms with Crippen LogP contribution in [0.4, 0.5) is 8.78 Å². The van der Waals surface area contributed by atoms with E-state index in [1.165, 1.54) is 17.7 Å². The molecule has 7 heteroatoms. The Kier molecular flexibility index (Phi) is 7.59. The number of pyridine rings is 2. The molecule has 3 aromatic carbocycles. The first kappa shape index (κ1) is 29.7. The number of hydrogen-bond acceptors (Lipinski definition) is 2. The number of benzene rings is 3. The number of nitrogens with zero attached hydrogens (tertiary/aromatic N) is 4. The van der Waals surface area contributed by atoms with E-state index in [0.717, 1.165) is 39.5 Å². The molecule has 0 amide bonds. The predicted molar refractivity (Wildman–Crippen MR) is 168 cm³/mol. The first-order valence-corrected chi connectivity index (χ1v) is 14.2. The van der Waals surface area contributed by atoms with Gasteiger partial charge in [0, 0.05) is 34.6 Å². The quantitative estimate of drug-likeness (QED) is 0.168. The van der Waals surface area contributed by atoms with Gasteiger partial charge in [-0.2, -0.15) is 0 Å². The summed E-state index contributed by atoms with van der Waals surface area (Å²) in [7, 11) is 0. The third kappa shape index (κ3) is 5.28. The summed E-state index contributed by atoms with van der Waals surface area (Å²) in [6.07, 6.45) is 1.71. The van der Waals surface area contributed by atoms with Crippen LogP contribution in [0.15, 0.2) is 97.2 Å². The molecule has 0 unspecified atom stereocenters. The molecule has 0 saturated carbocycles. The number of rotatable bonds is 4. The van der Waals surface area contributed by atoms with Crippen molar-refractivity contribution in [1.82, 2.24) is 19.5 Å². The first-order chi connectivity index (χ1) is 20.7. The molecule has 0 aliphatic rings. The maximum Gasteiger partial charge on any atom is 2.00 e. The van der Waals surface area contributed by atoms with Crippen LogP contribution in [-0.2, 0) is 26.5 Å². The summed E-state index contributed by atoms with van der Waals surface area (Å²) in [5.74, 6) is -0.467. The van der Waals surface area contributed by atoms with Crippen LogP contribution in [0.1, 0.15) is 32.0 Å². The second-order valence-electron chi connectivity index (χ2n) is 11.9. The Balaban J connectivity index is 0.00000343. The fourth-order valence-corrected chi connectivity index (χ4v) is 5.56. The van der Waals surface area contributed by atoms with Crippen LogP contribution >= 0.6 is 0 Å². The minimum absolute atomic E-state index is 0. The van der Waals surface area contributed by atoms with Gasteiger partial charge in [0.25, 0.3) is 0 Å². The third-order valence-electron chi connectivity index (χ3n) is 7.80. The Hall–Kier alpha value is -4.41. The van der Waals surface area contributed by atoms with Crippen LogP contribution in [0.25, 0.3) is 61.4 Å². The monoisotopic (exact) mass is 761 g/mol. The normalized spacial score (nSPS) is 11.7. The molecule has 4 heterocycles. The third-order valence-corrected chi connectivity index (χ3v) is 7.80. The maximum absolute atomic E-state index is 15.0. The average molecular weight is 762 g/mol. The molecule has 44 heavy (non-hydrogen) atoms. The van der Waals surface area contributed by atoms with Gasteiger partial charge in [0.2, 0.25) is 0 Å². The zero-order valence-corrected chi connectivity index (χ0v) is 26.9. The van der Waals surface area contributed by atoms with Crippen molar-refractivity contribution in [3.8, 4) is 39.5 Å². The molecular formula is C37H28F2N4Pt. The van der Waals surface area contributed by atoms with Crippen molar-refractivity contribution in [2.24, 2.45) is 0 Å². The van der Waals surface area contributed by atoms with E-state index in [4.69, 9.17) is 9.97 Å². The van der Waals surface area contributed by atoms with Crippen LogP contribution in [0, 0.1) is 24.6 Å². The minimum Gasteiger partial charge on any atom is -0.440 e. The van der Waals surface area contributed by atoms with E-state index in [2.05, 4.69) is 60.7 Å². The molecule has 7 aromatic rings. The Labute approximate surface area is 269 Å². The predicted octanol–water partition coefficient (Wildman–Crippen LogP) is 9.21. The molecule has 0 aliphatic heterocycles. The molecule has 0 atom stereocenters. The van der Waals surface area contributed by atoms with Gasteiger partial charge in [-0.05, 0) is 47.0 Å². The van der Waals surface area contributed by atoms with Gasteiger partial charge in [-0.3, -0.25) is 9.97 Å². The van der Waals surface area contributed by atoms with Crippen LogP contribution in [-0.4, -0.2) is 14.5 Å². The molecule has 0 aliphatic carbocycles. The Bertz CT molecular complexity index is 2160. The molecule has 4 nitrogen and oxygen atoms in total. The Morgan fingerprint density at radius 3 is 2.27 bits per heavy atom. The molecule has 0 spiro atoms. The van der Waals surface area contributed by atoms with Crippen molar-refractivity contribution in [3.63, 3.8) is 0 Å². The van der Waals surface area contributed by atoms with Crippen LogP contribution in [0.5, 0.6) is 0 Å². The van der Waals surface area contributed by atoms with Crippen molar-refractivity contribution in [1.29, 1.82) is 0 Å².